The average Bonchev–Trinajstić information content (AvgIpc) is 0.805. The summed E-state index contributed by atoms with van der Waals surface area (Å²) in [6.45, 7) is 8.43. The Balaban J connectivity index is 0.000000198. The number of carboxylic acid groups (broad SMARTS) is 4. The van der Waals surface area contributed by atoms with Crippen molar-refractivity contribution in [1.82, 2.24) is 29.0 Å². The number of hydrogen-bond donors (Lipinski definition) is 10. The molecule has 4 atom stereocenters. The lowest BCUT2D eigenvalue weighted by atomic mass is 9.82. The molecule has 11 N–H and O–H groups in total. The number of hydrogen-bond acceptors (Lipinski definition) is 32. The molecule has 50 heteroatoms. The number of nitrogens with zero attached hydrogens (tertiary/aromatic N) is 5. The monoisotopic (exact) mass is 2190 g/mol. The molecule has 149 heavy (non-hydrogen) atoms. The first-order valence-corrected chi connectivity index (χ1v) is 58.8. The summed E-state index contributed by atoms with van der Waals surface area (Å²) in [7, 11) is -28.3. The molecule has 11 heterocycles. The molecule has 812 valence electrons. The van der Waals surface area contributed by atoms with Gasteiger partial charge in [0.15, 0.2) is 12.2 Å². The largest absolute Gasteiger partial charge is 0.744 e. The van der Waals surface area contributed by atoms with E-state index < -0.39 is 145 Å². The number of aryl methyl sites for hydroxylation is 4. The number of hydroxylamine groups is 2. The minimum atomic E-state index is -5.22. The summed E-state index contributed by atoms with van der Waals surface area (Å²) in [5, 5.41) is 42.0. The lowest BCUT2D eigenvalue weighted by Gasteiger charge is -2.39. The van der Waals surface area contributed by atoms with Gasteiger partial charge >= 0.3 is 45.5 Å². The molecule has 11 aliphatic heterocycles. The van der Waals surface area contributed by atoms with E-state index in [-0.39, 0.29) is 119 Å². The van der Waals surface area contributed by atoms with Crippen LogP contribution in [0.5, 0.6) is 23.0 Å². The number of nitrogens with two attached hydrogens (primary N) is 1. The molecule has 11 aliphatic rings. The second-order valence-corrected chi connectivity index (χ2v) is 46.8. The average molecular weight is 2190 g/mol. The SMILES string of the molecule is C.NCCOCCCOP(=O)(O)OC(CCC(=O)O)C(=O)O.O=C(CCCCCNS(=O)(=O)c1ccc(C2=c3cc4c5c(c3Oc3c2cc2c6c3CCCN6CCC2)CCC[N+]=5CCC4)c(S(=O)(=O)[O-])c1)ON1C(=O)CCC1=O.O=C(O)CCC(OP(=O)(O)OCCCOCCNC(=O)CCCCCNS(=O)(=O)c1ccc(C2=c3cc4c5c(c3Oc3c2cc2c6c3CCCN6CCC2)CCC[N+]=5CCC4)c(S(=O)(=O)[O-])c1)C(=O)O. The highest BCUT2D eigenvalue weighted by Crippen LogP contribution is 2.53. The highest BCUT2D eigenvalue weighted by molar-refractivity contribution is 7.90. The van der Waals surface area contributed by atoms with E-state index in [4.69, 9.17) is 54.5 Å². The Labute approximate surface area is 862 Å². The van der Waals surface area contributed by atoms with Crippen LogP contribution in [0, 0.1) is 0 Å². The Morgan fingerprint density at radius 2 is 0.852 bits per heavy atom. The third kappa shape index (κ3) is 27.8. The maximum atomic E-state index is 13.7. The van der Waals surface area contributed by atoms with Crippen molar-refractivity contribution in [3.05, 3.63) is 149 Å². The number of rotatable bonds is 48. The Hall–Kier alpha value is -10.4. The van der Waals surface area contributed by atoms with Crippen LogP contribution in [-0.4, -0.2) is 256 Å². The van der Waals surface area contributed by atoms with Crippen molar-refractivity contribution in [1.29, 1.82) is 0 Å². The van der Waals surface area contributed by atoms with Crippen LogP contribution >= 0.6 is 15.6 Å². The van der Waals surface area contributed by atoms with Gasteiger partial charge in [-0.2, -0.15) is 0 Å². The van der Waals surface area contributed by atoms with E-state index in [0.29, 0.717) is 108 Å². The summed E-state index contributed by atoms with van der Waals surface area (Å²) < 4.78 is 210. The molecule has 0 spiro atoms. The van der Waals surface area contributed by atoms with Crippen LogP contribution in [0.3, 0.4) is 0 Å². The molecular weight excluding hydrogens is 2070 g/mol. The maximum Gasteiger partial charge on any atom is 0.473 e. The number of sulfonamides is 2. The van der Waals surface area contributed by atoms with Crippen molar-refractivity contribution >= 4 is 126 Å². The number of imide groups is 1. The molecule has 0 saturated carbocycles. The number of unbranched alkanes of at least 4 members (excludes halogenated alkanes) is 4. The molecule has 0 aliphatic carbocycles. The first-order valence-electron chi connectivity index (χ1n) is 50.0. The van der Waals surface area contributed by atoms with Crippen molar-refractivity contribution in [3.63, 3.8) is 0 Å². The molecule has 17 rings (SSSR count). The Kier molecular flexibility index (Phi) is 38.3. The van der Waals surface area contributed by atoms with Gasteiger partial charge in [-0.15, -0.1) is 5.06 Å². The van der Waals surface area contributed by atoms with Crippen molar-refractivity contribution in [3.8, 4) is 23.0 Å². The maximum absolute atomic E-state index is 13.7. The minimum Gasteiger partial charge on any atom is -0.744 e. The summed E-state index contributed by atoms with van der Waals surface area (Å²) in [6.07, 6.45) is 11.5. The molecule has 44 nitrogen and oxygen atoms in total. The van der Waals surface area contributed by atoms with Crippen LogP contribution in [0.2, 0.25) is 0 Å². The van der Waals surface area contributed by atoms with Gasteiger partial charge in [-0.05, 0) is 188 Å². The summed E-state index contributed by atoms with van der Waals surface area (Å²) in [4.78, 5) is 118. The molecule has 0 bridgehead atoms. The Morgan fingerprint density at radius 1 is 0.450 bits per heavy atom. The molecule has 4 unspecified atom stereocenters. The van der Waals surface area contributed by atoms with E-state index >= 15 is 0 Å². The standard InChI is InChI=1S/C47H59N4O16PS2.C41H44N4O10S2.C10H20NO9P.CH4/c52-40(48-19-26-64-24-8-25-65-68(57,58)67-38(47(55)56)16-17-41(53)54)13-2-1-3-18-49-69(59,60)32-14-15-33(39(29-32)70(61,62)63)42-36-27-30-9-4-20-50-22-6-11-34(43(30)50)45(36)66-46-35-12-7-23-51-21-5-10-31(44(35)51)28-37(42)46;46-34-15-16-35(47)45(34)55-36(48)12-2-1-3-17-42-56(49,50)27-13-14-28(33(24-27)57(51,52)53)37-31-22-25-8-4-18-43-20-6-10-29(38(25)43)40(31)54-41-30-11-7-21-44-19-5-9-26(39(30)44)23-32(37)41;11-4-7-18-5-1-6-19-21(16,17)20-8(10(14)15)2-3-9(12)13;/h14-15,27-29,38,49H,1-13,16-26H2,(H4-,48,52,53,54,55,56,57,58,61,62,63);13-14,22-24,42H,1-12,15-21H2;8H,1-7,11H2,(H,12,13)(H,14,15)(H,16,17);1H4. The number of aliphatic carboxylic acids is 4. The second-order valence-electron chi connectivity index (χ2n) is 37.8. The fourth-order valence-corrected chi connectivity index (χ4v) is 26.6. The highest BCUT2D eigenvalue weighted by atomic mass is 32.2. The zero-order valence-corrected chi connectivity index (χ0v) is 86.7. The molecule has 3 amide bonds. The quantitative estimate of drug-likeness (QED) is 0.00713. The van der Waals surface area contributed by atoms with Gasteiger partial charge in [0.1, 0.15) is 69.4 Å². The van der Waals surface area contributed by atoms with E-state index in [2.05, 4.69) is 71.5 Å². The van der Waals surface area contributed by atoms with Crippen LogP contribution in [0.1, 0.15) is 228 Å². The lowest BCUT2D eigenvalue weighted by Crippen LogP contribution is -2.45. The van der Waals surface area contributed by atoms with Crippen LogP contribution in [-0.2, 0) is 172 Å². The number of ether oxygens (including phenoxy) is 4. The molecule has 1 fully saturated rings. The third-order valence-electron chi connectivity index (χ3n) is 27.4. The van der Waals surface area contributed by atoms with Gasteiger partial charge in [0.05, 0.1) is 57.1 Å². The topological polar surface area (TPSA) is 636 Å². The lowest BCUT2D eigenvalue weighted by molar-refractivity contribution is -0.197. The van der Waals surface area contributed by atoms with Crippen LogP contribution < -0.4 is 70.1 Å². The minimum absolute atomic E-state index is 0. The number of anilines is 2. The first kappa shape index (κ1) is 114. The van der Waals surface area contributed by atoms with E-state index in [1.807, 2.05) is 0 Å². The molecule has 1 saturated heterocycles. The highest BCUT2D eigenvalue weighted by Gasteiger charge is 2.43. The number of carboxylic acids is 4. The zero-order valence-electron chi connectivity index (χ0n) is 81.6. The van der Waals surface area contributed by atoms with Gasteiger partial charge in [0.2, 0.25) is 36.7 Å². The van der Waals surface area contributed by atoms with Crippen molar-refractivity contribution in [2.24, 2.45) is 5.73 Å². The number of carbonyl (C=O) groups is 8. The number of phosphoric ester groups is 2. The summed E-state index contributed by atoms with van der Waals surface area (Å²) in [6, 6.07) is 15.9. The molecule has 6 aromatic carbocycles. The number of phosphoric acid groups is 2. The third-order valence-corrected chi connectivity index (χ3v) is 34.1. The fourth-order valence-electron chi connectivity index (χ4n) is 21.0. The smallest absolute Gasteiger partial charge is 0.473 e. The van der Waals surface area contributed by atoms with Crippen LogP contribution in [0.4, 0.5) is 11.4 Å². The number of fused-ring (bicyclic) bond motifs is 8. The van der Waals surface area contributed by atoms with E-state index in [1.165, 1.54) is 46.4 Å². The van der Waals surface area contributed by atoms with Crippen LogP contribution in [0.15, 0.2) is 80.2 Å². The molecule has 0 radical (unpaired) electrons. The molecule has 0 aromatic heterocycles. The van der Waals surface area contributed by atoms with E-state index in [9.17, 15) is 100 Å². The summed E-state index contributed by atoms with van der Waals surface area (Å²) >= 11 is 0. The molecule has 6 aromatic rings. The Bertz CT molecular complexity index is 7050. The molecular formula is C99H127N9O35P2S4. The number of benzene rings is 6. The van der Waals surface area contributed by atoms with Gasteiger partial charge in [-0.1, -0.05) is 32.4 Å². The van der Waals surface area contributed by atoms with Crippen molar-refractivity contribution in [2.75, 3.05) is 128 Å². The number of nitrogens with one attached hydrogen (secondary N) is 3. The van der Waals surface area contributed by atoms with Crippen LogP contribution in [0.25, 0.3) is 11.1 Å². The van der Waals surface area contributed by atoms with Crippen molar-refractivity contribution in [2.45, 2.75) is 245 Å². The summed E-state index contributed by atoms with van der Waals surface area (Å²) in [5.41, 5.74) is 19.4. The van der Waals surface area contributed by atoms with Gasteiger partial charge in [-0.3, -0.25) is 42.1 Å². The fraction of sp³-hybridized carbons (Fsp3) is 0.535. The predicted octanol–water partition coefficient (Wildman–Crippen LogP) is 5.75. The first-order chi connectivity index (χ1) is 70.6. The van der Waals surface area contributed by atoms with E-state index in [0.717, 1.165) is 223 Å². The van der Waals surface area contributed by atoms with E-state index in [1.54, 1.807) is 0 Å². The number of amides is 3. The van der Waals surface area contributed by atoms with Crippen molar-refractivity contribution < 1.29 is 162 Å². The normalized spacial score (nSPS) is 17.4. The van der Waals surface area contributed by atoms with Gasteiger partial charge in [0, 0.05) is 207 Å². The predicted molar refractivity (Wildman–Crippen MR) is 534 cm³/mol. The van der Waals surface area contributed by atoms with Gasteiger partial charge < -0.3 is 84.0 Å². The zero-order chi connectivity index (χ0) is 106. The summed E-state index contributed by atoms with van der Waals surface area (Å²) in [5.74, 6) is -5.09. The van der Waals surface area contributed by atoms with Gasteiger partial charge in [-0.25, -0.2) is 75.8 Å². The Morgan fingerprint density at radius 3 is 1.27 bits per heavy atom. The van der Waals surface area contributed by atoms with Gasteiger partial charge in [0.25, 0.3) is 11.8 Å². The second kappa shape index (κ2) is 50.0. The number of carbonyl (C=O) groups excluding carboxylic acids is 4.